The Hall–Kier alpha value is -3.39. The molecule has 0 bridgehead atoms. The molecule has 0 unspecified atom stereocenters. The molecule has 0 aliphatic carbocycles. The van der Waals surface area contributed by atoms with Crippen molar-refractivity contribution in [3.05, 3.63) is 82.4 Å². The minimum Gasteiger partial charge on any atom is -0.336 e. The molecular formula is C24H27N5O2S. The molecule has 4 amide bonds. The normalized spacial score (nSPS) is 13.1. The fourth-order valence-corrected chi connectivity index (χ4v) is 4.70. The summed E-state index contributed by atoms with van der Waals surface area (Å²) in [5.74, 6) is 0. The van der Waals surface area contributed by atoms with E-state index in [4.69, 9.17) is 0 Å². The van der Waals surface area contributed by atoms with Crippen LogP contribution in [-0.4, -0.2) is 34.5 Å². The maximum Gasteiger partial charge on any atom is 0.321 e. The number of nitrogens with one attached hydrogen (secondary N) is 3. The Morgan fingerprint density at radius 1 is 0.969 bits per heavy atom. The predicted molar refractivity (Wildman–Crippen MR) is 127 cm³/mol. The third-order valence-electron chi connectivity index (χ3n) is 5.19. The first-order valence-corrected chi connectivity index (χ1v) is 11.5. The number of rotatable bonds is 5. The summed E-state index contributed by atoms with van der Waals surface area (Å²) in [6.45, 7) is 4.86. The maximum atomic E-state index is 13.2. The van der Waals surface area contributed by atoms with Crippen molar-refractivity contribution in [3.8, 4) is 0 Å². The molecule has 0 saturated carbocycles. The van der Waals surface area contributed by atoms with Gasteiger partial charge in [-0.25, -0.2) is 14.6 Å². The van der Waals surface area contributed by atoms with Crippen LogP contribution in [0.1, 0.15) is 41.6 Å². The van der Waals surface area contributed by atoms with Gasteiger partial charge in [-0.2, -0.15) is 0 Å². The van der Waals surface area contributed by atoms with Crippen LogP contribution in [0.25, 0.3) is 0 Å². The van der Waals surface area contributed by atoms with E-state index in [2.05, 4.69) is 20.9 Å². The van der Waals surface area contributed by atoms with Gasteiger partial charge in [0.05, 0.1) is 18.3 Å². The number of hydrogen-bond donors (Lipinski definition) is 3. The lowest BCUT2D eigenvalue weighted by Gasteiger charge is -2.29. The highest BCUT2D eigenvalue weighted by Gasteiger charge is 2.27. The van der Waals surface area contributed by atoms with E-state index in [-0.39, 0.29) is 24.1 Å². The summed E-state index contributed by atoms with van der Waals surface area (Å²) in [5, 5.41) is 9.34. The quantitative estimate of drug-likeness (QED) is 0.535. The van der Waals surface area contributed by atoms with Crippen LogP contribution in [0.3, 0.4) is 0 Å². The van der Waals surface area contributed by atoms with Gasteiger partial charge in [0.1, 0.15) is 0 Å². The van der Waals surface area contributed by atoms with Gasteiger partial charge in [-0.3, -0.25) is 5.32 Å². The lowest BCUT2D eigenvalue weighted by atomic mass is 9.99. The van der Waals surface area contributed by atoms with E-state index >= 15 is 0 Å². The lowest BCUT2D eigenvalue weighted by molar-refractivity contribution is 0.190. The highest BCUT2D eigenvalue weighted by atomic mass is 32.1. The van der Waals surface area contributed by atoms with Crippen LogP contribution in [0.15, 0.2) is 60.7 Å². The molecule has 1 aromatic heterocycles. The number of fused-ring (bicyclic) bond motifs is 1. The van der Waals surface area contributed by atoms with Gasteiger partial charge in [-0.1, -0.05) is 72.0 Å². The number of amides is 4. The Labute approximate surface area is 191 Å². The zero-order valence-electron chi connectivity index (χ0n) is 18.2. The monoisotopic (exact) mass is 449 g/mol. The Bertz CT molecular complexity index is 1030. The Morgan fingerprint density at radius 2 is 1.59 bits per heavy atom. The number of thiazole rings is 1. The standard InChI is InChI=1S/C24H27N5O2S/c1-16(2)25-22(30)28-23-26-19-13-14-29(15-20(19)32-23)24(31)27-21(17-9-5-3-6-10-17)18-11-7-4-8-12-18/h3-12,16,21H,13-15H2,1-2H3,(H,27,31)(H2,25,26,28,30). The average molecular weight is 450 g/mol. The predicted octanol–water partition coefficient (Wildman–Crippen LogP) is 4.53. The number of nitrogens with zero attached hydrogens (tertiary/aromatic N) is 2. The second kappa shape index (κ2) is 9.82. The third-order valence-corrected chi connectivity index (χ3v) is 6.19. The molecule has 4 rings (SSSR count). The Kier molecular flexibility index (Phi) is 6.70. The van der Waals surface area contributed by atoms with Crippen LogP contribution < -0.4 is 16.0 Å². The van der Waals surface area contributed by atoms with Gasteiger partial charge in [-0.15, -0.1) is 0 Å². The SMILES string of the molecule is CC(C)NC(=O)Nc1nc2c(s1)CN(C(=O)NC(c1ccccc1)c1ccccc1)CC2. The van der Waals surface area contributed by atoms with E-state index in [0.29, 0.717) is 24.6 Å². The number of carbonyl (C=O) groups is 2. The summed E-state index contributed by atoms with van der Waals surface area (Å²) in [5.41, 5.74) is 3.01. The number of aromatic nitrogens is 1. The number of hydrogen-bond acceptors (Lipinski definition) is 4. The first-order chi connectivity index (χ1) is 15.5. The van der Waals surface area contributed by atoms with Gasteiger partial charge in [0.15, 0.2) is 5.13 Å². The van der Waals surface area contributed by atoms with Gasteiger partial charge in [0.25, 0.3) is 0 Å². The number of anilines is 1. The second-order valence-corrected chi connectivity index (χ2v) is 9.10. The molecule has 8 heteroatoms. The Balaban J connectivity index is 1.46. The fourth-order valence-electron chi connectivity index (χ4n) is 3.68. The molecule has 2 aromatic carbocycles. The molecule has 0 saturated heterocycles. The van der Waals surface area contributed by atoms with E-state index in [1.54, 1.807) is 4.90 Å². The lowest BCUT2D eigenvalue weighted by Crippen LogP contribution is -2.44. The van der Waals surface area contributed by atoms with Gasteiger partial charge < -0.3 is 15.5 Å². The number of urea groups is 2. The van der Waals surface area contributed by atoms with Crippen molar-refractivity contribution in [2.45, 2.75) is 38.9 Å². The van der Waals surface area contributed by atoms with Crippen LogP contribution in [-0.2, 0) is 13.0 Å². The number of carbonyl (C=O) groups excluding carboxylic acids is 2. The van der Waals surface area contributed by atoms with Crippen molar-refractivity contribution < 1.29 is 9.59 Å². The first-order valence-electron chi connectivity index (χ1n) is 10.7. The fraction of sp³-hybridized carbons (Fsp3) is 0.292. The van der Waals surface area contributed by atoms with E-state index in [1.165, 1.54) is 11.3 Å². The van der Waals surface area contributed by atoms with Crippen molar-refractivity contribution in [1.82, 2.24) is 20.5 Å². The Morgan fingerprint density at radius 3 is 2.19 bits per heavy atom. The van der Waals surface area contributed by atoms with Crippen LogP contribution in [0.2, 0.25) is 0 Å². The smallest absolute Gasteiger partial charge is 0.321 e. The number of benzene rings is 2. The molecular weight excluding hydrogens is 422 g/mol. The van der Waals surface area contributed by atoms with Crippen LogP contribution in [0.4, 0.5) is 14.7 Å². The topological polar surface area (TPSA) is 86.4 Å². The minimum atomic E-state index is -0.269. The highest BCUT2D eigenvalue weighted by molar-refractivity contribution is 7.15. The van der Waals surface area contributed by atoms with Crippen molar-refractivity contribution in [2.75, 3.05) is 11.9 Å². The largest absolute Gasteiger partial charge is 0.336 e. The van der Waals surface area contributed by atoms with Crippen LogP contribution in [0.5, 0.6) is 0 Å². The van der Waals surface area contributed by atoms with E-state index in [0.717, 1.165) is 21.7 Å². The summed E-state index contributed by atoms with van der Waals surface area (Å²) in [6, 6.07) is 19.4. The molecule has 3 aromatic rings. The second-order valence-electron chi connectivity index (χ2n) is 8.02. The molecule has 7 nitrogen and oxygen atoms in total. The molecule has 2 heterocycles. The summed E-state index contributed by atoms with van der Waals surface area (Å²) >= 11 is 1.42. The summed E-state index contributed by atoms with van der Waals surface area (Å²) in [6.07, 6.45) is 0.661. The first kappa shape index (κ1) is 21.8. The minimum absolute atomic E-state index is 0.0472. The zero-order valence-corrected chi connectivity index (χ0v) is 19.0. The van der Waals surface area contributed by atoms with E-state index < -0.39 is 0 Å². The van der Waals surface area contributed by atoms with Crippen molar-refractivity contribution >= 4 is 28.5 Å². The van der Waals surface area contributed by atoms with Crippen molar-refractivity contribution in [1.29, 1.82) is 0 Å². The molecule has 0 atom stereocenters. The van der Waals surface area contributed by atoms with Crippen LogP contribution in [0, 0.1) is 0 Å². The zero-order chi connectivity index (χ0) is 22.5. The molecule has 1 aliphatic rings. The summed E-state index contributed by atoms with van der Waals surface area (Å²) in [7, 11) is 0. The molecule has 166 valence electrons. The molecule has 0 spiro atoms. The van der Waals surface area contributed by atoms with Gasteiger partial charge in [0.2, 0.25) is 0 Å². The van der Waals surface area contributed by atoms with Crippen molar-refractivity contribution in [3.63, 3.8) is 0 Å². The summed E-state index contributed by atoms with van der Waals surface area (Å²) in [4.78, 5) is 32.5. The van der Waals surface area contributed by atoms with Gasteiger partial charge in [-0.05, 0) is 25.0 Å². The van der Waals surface area contributed by atoms with E-state index in [1.807, 2.05) is 74.5 Å². The molecule has 3 N–H and O–H groups in total. The molecule has 0 fully saturated rings. The summed E-state index contributed by atoms with van der Waals surface area (Å²) < 4.78 is 0. The molecule has 32 heavy (non-hydrogen) atoms. The van der Waals surface area contributed by atoms with Gasteiger partial charge >= 0.3 is 12.1 Å². The molecule has 0 radical (unpaired) electrons. The van der Waals surface area contributed by atoms with E-state index in [9.17, 15) is 9.59 Å². The molecule has 1 aliphatic heterocycles. The maximum absolute atomic E-state index is 13.2. The van der Waals surface area contributed by atoms with Crippen molar-refractivity contribution in [2.24, 2.45) is 0 Å². The third kappa shape index (κ3) is 5.26. The average Bonchev–Trinajstić information content (AvgIpc) is 3.19. The highest BCUT2D eigenvalue weighted by Crippen LogP contribution is 2.29. The van der Waals surface area contributed by atoms with Gasteiger partial charge in [0, 0.05) is 23.9 Å². The van der Waals surface area contributed by atoms with Crippen LogP contribution >= 0.6 is 11.3 Å².